The van der Waals surface area contributed by atoms with Gasteiger partial charge in [-0.1, -0.05) is 0 Å². The van der Waals surface area contributed by atoms with E-state index in [1.165, 1.54) is 25.6 Å². The van der Waals surface area contributed by atoms with Crippen molar-refractivity contribution in [3.05, 3.63) is 35.9 Å². The van der Waals surface area contributed by atoms with Crippen molar-refractivity contribution in [2.75, 3.05) is 12.4 Å². The van der Waals surface area contributed by atoms with Gasteiger partial charge in [0.25, 0.3) is 5.91 Å². The van der Waals surface area contributed by atoms with Crippen molar-refractivity contribution in [3.63, 3.8) is 0 Å². The Morgan fingerprint density at radius 1 is 1.53 bits per heavy atom. The quantitative estimate of drug-likeness (QED) is 0.839. The number of nitrogens with one attached hydrogen (secondary N) is 2. The van der Waals surface area contributed by atoms with Crippen molar-refractivity contribution >= 4 is 11.9 Å². The first-order valence-corrected chi connectivity index (χ1v) is 4.71. The van der Waals surface area contributed by atoms with E-state index >= 15 is 0 Å². The Kier molecular flexibility index (Phi) is 2.99. The Balaban J connectivity index is 2.26. The van der Waals surface area contributed by atoms with Gasteiger partial charge in [0.2, 0.25) is 5.95 Å². The van der Waals surface area contributed by atoms with Crippen LogP contribution in [-0.2, 0) is 0 Å². The molecule has 2 aromatic rings. The average Bonchev–Trinajstić information content (AvgIpc) is 2.81. The monoisotopic (exact) mass is 236 g/mol. The smallest absolute Gasteiger partial charge is 0.261 e. The van der Waals surface area contributed by atoms with Crippen LogP contribution in [0.5, 0.6) is 5.75 Å². The number of nitrogens with zero attached hydrogens (tertiary/aromatic N) is 2. The van der Waals surface area contributed by atoms with Gasteiger partial charge in [-0.3, -0.25) is 10.1 Å². The van der Waals surface area contributed by atoms with Gasteiger partial charge in [-0.15, -0.1) is 0 Å². The molecule has 1 amide bonds. The molecule has 1 aromatic heterocycles. The maximum absolute atomic E-state index is 13.1. The molecular formula is C10H9FN4O2. The van der Waals surface area contributed by atoms with Gasteiger partial charge in [0, 0.05) is 0 Å². The number of aromatic amines is 1. The van der Waals surface area contributed by atoms with Crippen molar-refractivity contribution in [2.24, 2.45) is 0 Å². The molecule has 0 bridgehead atoms. The molecule has 0 spiro atoms. The standard InChI is InChI=1S/C10H9FN4O2/c1-17-8-3-2-6(11)4-7(8)9(16)14-10-12-5-13-15-10/h2-5H,1H3,(H2,12,13,14,15,16). The van der Waals surface area contributed by atoms with Gasteiger partial charge in [-0.05, 0) is 18.2 Å². The number of hydrogen-bond donors (Lipinski definition) is 2. The summed E-state index contributed by atoms with van der Waals surface area (Å²) in [6, 6.07) is 3.68. The van der Waals surface area contributed by atoms with E-state index in [4.69, 9.17) is 4.74 Å². The molecule has 0 aliphatic carbocycles. The second-order valence-electron chi connectivity index (χ2n) is 3.13. The fourth-order valence-electron chi connectivity index (χ4n) is 1.30. The third-order valence-corrected chi connectivity index (χ3v) is 2.05. The number of carbonyl (C=O) groups excluding carboxylic acids is 1. The number of halogens is 1. The van der Waals surface area contributed by atoms with Gasteiger partial charge in [0.1, 0.15) is 17.9 Å². The third-order valence-electron chi connectivity index (χ3n) is 2.05. The molecule has 1 aromatic carbocycles. The molecule has 1 heterocycles. The largest absolute Gasteiger partial charge is 0.496 e. The molecule has 6 nitrogen and oxygen atoms in total. The van der Waals surface area contributed by atoms with Gasteiger partial charge in [0.05, 0.1) is 12.7 Å². The average molecular weight is 236 g/mol. The highest BCUT2D eigenvalue weighted by atomic mass is 19.1. The summed E-state index contributed by atoms with van der Waals surface area (Å²) in [5.74, 6) is -0.587. The summed E-state index contributed by atoms with van der Waals surface area (Å²) in [4.78, 5) is 15.5. The first kappa shape index (κ1) is 11.1. The lowest BCUT2D eigenvalue weighted by atomic mass is 10.2. The van der Waals surface area contributed by atoms with Crippen LogP contribution < -0.4 is 10.1 Å². The molecule has 0 aliphatic heterocycles. The molecule has 2 N–H and O–H groups in total. The lowest BCUT2D eigenvalue weighted by Gasteiger charge is -2.07. The van der Waals surface area contributed by atoms with Crippen LogP contribution in [0.4, 0.5) is 10.3 Å². The van der Waals surface area contributed by atoms with Crippen LogP contribution in [0.25, 0.3) is 0 Å². The lowest BCUT2D eigenvalue weighted by molar-refractivity contribution is 0.102. The van der Waals surface area contributed by atoms with E-state index in [9.17, 15) is 9.18 Å². The number of rotatable bonds is 3. The second-order valence-corrected chi connectivity index (χ2v) is 3.13. The Bertz CT molecular complexity index is 527. The highest BCUT2D eigenvalue weighted by Gasteiger charge is 2.14. The third kappa shape index (κ3) is 2.39. The maximum atomic E-state index is 13.1. The fraction of sp³-hybridized carbons (Fsp3) is 0.100. The van der Waals surface area contributed by atoms with Gasteiger partial charge in [-0.2, -0.15) is 10.1 Å². The minimum atomic E-state index is -0.530. The summed E-state index contributed by atoms with van der Waals surface area (Å²) in [6.45, 7) is 0. The number of hydrogen-bond acceptors (Lipinski definition) is 4. The van der Waals surface area contributed by atoms with Crippen molar-refractivity contribution < 1.29 is 13.9 Å². The number of benzene rings is 1. The second kappa shape index (κ2) is 4.60. The molecule has 88 valence electrons. The molecule has 2 rings (SSSR count). The van der Waals surface area contributed by atoms with Crippen molar-refractivity contribution in [2.45, 2.75) is 0 Å². The molecule has 0 aliphatic rings. The zero-order chi connectivity index (χ0) is 12.3. The summed E-state index contributed by atoms with van der Waals surface area (Å²) in [5.41, 5.74) is 0.0869. The summed E-state index contributed by atoms with van der Waals surface area (Å²) < 4.78 is 18.0. The zero-order valence-electron chi connectivity index (χ0n) is 8.90. The highest BCUT2D eigenvalue weighted by Crippen LogP contribution is 2.19. The predicted molar refractivity (Wildman–Crippen MR) is 57.3 cm³/mol. The zero-order valence-corrected chi connectivity index (χ0v) is 8.90. The Hall–Kier alpha value is -2.44. The Labute approximate surface area is 95.8 Å². The molecule has 0 radical (unpaired) electrons. The van der Waals surface area contributed by atoms with E-state index in [0.717, 1.165) is 6.07 Å². The molecule has 7 heteroatoms. The summed E-state index contributed by atoms with van der Waals surface area (Å²) in [5, 5.41) is 8.46. The molecule has 0 fully saturated rings. The summed E-state index contributed by atoms with van der Waals surface area (Å²) in [7, 11) is 1.40. The van der Waals surface area contributed by atoms with Crippen LogP contribution in [0.15, 0.2) is 24.5 Å². The molecule has 0 saturated heterocycles. The lowest BCUT2D eigenvalue weighted by Crippen LogP contribution is -2.14. The van der Waals surface area contributed by atoms with E-state index in [2.05, 4.69) is 20.5 Å². The number of ether oxygens (including phenoxy) is 1. The molecule has 0 unspecified atom stereocenters. The first-order chi connectivity index (χ1) is 8.20. The van der Waals surface area contributed by atoms with Crippen LogP contribution in [0.2, 0.25) is 0 Å². The normalized spacial score (nSPS) is 10.0. The van der Waals surface area contributed by atoms with Crippen molar-refractivity contribution in [1.29, 1.82) is 0 Å². The van der Waals surface area contributed by atoms with Crippen molar-refractivity contribution in [1.82, 2.24) is 15.2 Å². The van der Waals surface area contributed by atoms with E-state index < -0.39 is 11.7 Å². The molecule has 0 saturated carbocycles. The van der Waals surface area contributed by atoms with Crippen LogP contribution in [-0.4, -0.2) is 28.2 Å². The van der Waals surface area contributed by atoms with Gasteiger partial charge in [-0.25, -0.2) is 9.49 Å². The van der Waals surface area contributed by atoms with E-state index in [0.29, 0.717) is 0 Å². The molecular weight excluding hydrogens is 227 g/mol. The minimum absolute atomic E-state index is 0.0869. The van der Waals surface area contributed by atoms with Gasteiger partial charge < -0.3 is 4.74 Å². The Morgan fingerprint density at radius 3 is 3.00 bits per heavy atom. The number of anilines is 1. The van der Waals surface area contributed by atoms with Crippen LogP contribution in [0.3, 0.4) is 0 Å². The van der Waals surface area contributed by atoms with Crippen molar-refractivity contribution in [3.8, 4) is 5.75 Å². The van der Waals surface area contributed by atoms with E-state index in [1.807, 2.05) is 0 Å². The van der Waals surface area contributed by atoms with Crippen LogP contribution in [0, 0.1) is 5.82 Å². The molecule has 0 atom stereocenters. The highest BCUT2D eigenvalue weighted by molar-refractivity contribution is 6.05. The maximum Gasteiger partial charge on any atom is 0.261 e. The van der Waals surface area contributed by atoms with E-state index in [-0.39, 0.29) is 17.3 Å². The minimum Gasteiger partial charge on any atom is -0.496 e. The Morgan fingerprint density at radius 2 is 2.35 bits per heavy atom. The number of H-pyrrole nitrogens is 1. The van der Waals surface area contributed by atoms with Crippen LogP contribution in [0.1, 0.15) is 10.4 Å². The number of aromatic nitrogens is 3. The number of carbonyl (C=O) groups is 1. The molecule has 17 heavy (non-hydrogen) atoms. The number of methoxy groups -OCH3 is 1. The number of amides is 1. The fourth-order valence-corrected chi connectivity index (χ4v) is 1.30. The van der Waals surface area contributed by atoms with Gasteiger partial charge in [0.15, 0.2) is 0 Å². The van der Waals surface area contributed by atoms with Gasteiger partial charge >= 0.3 is 0 Å². The topological polar surface area (TPSA) is 79.9 Å². The SMILES string of the molecule is COc1ccc(F)cc1C(=O)Nc1ncn[nH]1. The van der Waals surface area contributed by atoms with Crippen LogP contribution >= 0.6 is 0 Å². The van der Waals surface area contributed by atoms with E-state index in [1.54, 1.807) is 0 Å². The summed E-state index contributed by atoms with van der Waals surface area (Å²) in [6.07, 6.45) is 1.25. The summed E-state index contributed by atoms with van der Waals surface area (Å²) >= 11 is 0. The predicted octanol–water partition coefficient (Wildman–Crippen LogP) is 1.20. The first-order valence-electron chi connectivity index (χ1n) is 4.71.